The molecule has 0 amide bonds. The quantitative estimate of drug-likeness (QED) is 0.800. The van der Waals surface area contributed by atoms with Gasteiger partial charge in [-0.3, -0.25) is 4.90 Å². The van der Waals surface area contributed by atoms with Crippen LogP contribution in [0.1, 0.15) is 18.4 Å². The van der Waals surface area contributed by atoms with E-state index in [2.05, 4.69) is 30.8 Å². The number of piperidine rings is 1. The molecule has 4 heterocycles. The summed E-state index contributed by atoms with van der Waals surface area (Å²) < 4.78 is 5.28. The van der Waals surface area contributed by atoms with Gasteiger partial charge in [-0.2, -0.15) is 0 Å². The van der Waals surface area contributed by atoms with Gasteiger partial charge in [-0.25, -0.2) is 15.0 Å². The van der Waals surface area contributed by atoms with Crippen LogP contribution in [-0.2, 0) is 6.54 Å². The second kappa shape index (κ2) is 7.68. The molecule has 2 aliphatic heterocycles. The molecule has 2 aromatic rings. The van der Waals surface area contributed by atoms with Crippen LogP contribution in [0.25, 0.3) is 0 Å². The fourth-order valence-electron chi connectivity index (χ4n) is 4.37. The molecule has 144 valence electrons. The Morgan fingerprint density at radius 2 is 1.93 bits per heavy atom. The van der Waals surface area contributed by atoms with Crippen LogP contribution >= 0.6 is 0 Å². The molecule has 7 nitrogen and oxygen atoms in total. The first kappa shape index (κ1) is 18.0. The van der Waals surface area contributed by atoms with Gasteiger partial charge in [-0.15, -0.1) is 0 Å². The molecule has 2 aromatic heterocycles. The van der Waals surface area contributed by atoms with Crippen molar-refractivity contribution in [3.05, 3.63) is 36.3 Å². The highest BCUT2D eigenvalue weighted by Gasteiger charge is 2.39. The number of pyridine rings is 1. The second-order valence-corrected chi connectivity index (χ2v) is 7.63. The lowest BCUT2D eigenvalue weighted by Gasteiger charge is -2.39. The Hall–Kier alpha value is -2.41. The average Bonchev–Trinajstić information content (AvgIpc) is 3.10. The minimum absolute atomic E-state index is 0.551. The molecule has 2 unspecified atom stereocenters. The number of likely N-dealkylation sites (tertiary alicyclic amines) is 1. The van der Waals surface area contributed by atoms with Crippen LogP contribution in [0.2, 0.25) is 0 Å². The van der Waals surface area contributed by atoms with Crippen molar-refractivity contribution < 1.29 is 4.74 Å². The molecular weight excluding hydrogens is 340 g/mol. The Bertz CT molecular complexity index is 783. The first-order valence-electron chi connectivity index (χ1n) is 9.62. The molecule has 0 spiro atoms. The van der Waals surface area contributed by atoms with Crippen molar-refractivity contribution >= 4 is 11.6 Å². The Labute approximate surface area is 161 Å². The summed E-state index contributed by atoms with van der Waals surface area (Å²) in [5.41, 5.74) is 1.26. The number of rotatable bonds is 5. The summed E-state index contributed by atoms with van der Waals surface area (Å²) >= 11 is 0. The molecule has 2 atom stereocenters. The van der Waals surface area contributed by atoms with Crippen molar-refractivity contribution in [2.45, 2.75) is 25.4 Å². The van der Waals surface area contributed by atoms with Gasteiger partial charge in [0.15, 0.2) is 11.6 Å². The Kier molecular flexibility index (Phi) is 5.11. The number of methoxy groups -OCH3 is 1. The van der Waals surface area contributed by atoms with Crippen molar-refractivity contribution in [1.82, 2.24) is 19.9 Å². The average molecular weight is 368 g/mol. The van der Waals surface area contributed by atoms with E-state index in [1.807, 2.05) is 31.3 Å². The number of hydrogen-bond acceptors (Lipinski definition) is 7. The maximum Gasteiger partial charge on any atom is 0.213 e. The van der Waals surface area contributed by atoms with Crippen molar-refractivity contribution in [3.63, 3.8) is 0 Å². The van der Waals surface area contributed by atoms with Gasteiger partial charge in [-0.1, -0.05) is 0 Å². The zero-order chi connectivity index (χ0) is 18.8. The number of aromatic nitrogens is 3. The molecule has 7 heteroatoms. The van der Waals surface area contributed by atoms with Gasteiger partial charge in [0.05, 0.1) is 7.11 Å². The number of anilines is 2. The van der Waals surface area contributed by atoms with E-state index in [9.17, 15) is 0 Å². The SMILES string of the molecule is COc1cc(CN2CCC3CCN(c4nccnc4N(C)C)CC32)ccn1. The van der Waals surface area contributed by atoms with E-state index in [0.29, 0.717) is 11.9 Å². The molecule has 0 aliphatic carbocycles. The topological polar surface area (TPSA) is 57.6 Å². The summed E-state index contributed by atoms with van der Waals surface area (Å²) in [5.74, 6) is 3.39. The zero-order valence-electron chi connectivity index (χ0n) is 16.4. The lowest BCUT2D eigenvalue weighted by atomic mass is 9.92. The summed E-state index contributed by atoms with van der Waals surface area (Å²) in [7, 11) is 5.72. The standard InChI is InChI=1S/C20H28N6O/c1-24(2)19-20(23-9-8-22-19)26-11-6-16-5-10-25(17(16)14-26)13-15-4-7-21-18(12-15)27-3/h4,7-9,12,16-17H,5-6,10-11,13-14H2,1-3H3. The first-order chi connectivity index (χ1) is 13.2. The molecule has 27 heavy (non-hydrogen) atoms. The van der Waals surface area contributed by atoms with Crippen molar-refractivity contribution in [1.29, 1.82) is 0 Å². The van der Waals surface area contributed by atoms with Crippen LogP contribution < -0.4 is 14.5 Å². The van der Waals surface area contributed by atoms with E-state index < -0.39 is 0 Å². The fourth-order valence-corrected chi connectivity index (χ4v) is 4.37. The lowest BCUT2D eigenvalue weighted by Crippen LogP contribution is -2.48. The highest BCUT2D eigenvalue weighted by molar-refractivity contribution is 5.61. The smallest absolute Gasteiger partial charge is 0.213 e. The third-order valence-electron chi connectivity index (χ3n) is 5.76. The fraction of sp³-hybridized carbons (Fsp3) is 0.550. The van der Waals surface area contributed by atoms with E-state index in [1.165, 1.54) is 18.4 Å². The van der Waals surface area contributed by atoms with E-state index >= 15 is 0 Å². The lowest BCUT2D eigenvalue weighted by molar-refractivity contribution is 0.200. The third kappa shape index (κ3) is 3.69. The number of nitrogens with zero attached hydrogens (tertiary/aromatic N) is 6. The van der Waals surface area contributed by atoms with Crippen molar-refractivity contribution in [2.24, 2.45) is 5.92 Å². The van der Waals surface area contributed by atoms with Gasteiger partial charge >= 0.3 is 0 Å². The van der Waals surface area contributed by atoms with Crippen molar-refractivity contribution in [2.75, 3.05) is 50.6 Å². The largest absolute Gasteiger partial charge is 0.481 e. The molecule has 2 aliphatic rings. The van der Waals surface area contributed by atoms with Crippen LogP contribution in [0.5, 0.6) is 5.88 Å². The summed E-state index contributed by atoms with van der Waals surface area (Å²) in [6.07, 6.45) is 7.89. The Morgan fingerprint density at radius 3 is 2.74 bits per heavy atom. The van der Waals surface area contributed by atoms with E-state index in [-0.39, 0.29) is 0 Å². The maximum atomic E-state index is 5.28. The van der Waals surface area contributed by atoms with Gasteiger partial charge in [0.25, 0.3) is 0 Å². The van der Waals surface area contributed by atoms with Crippen LogP contribution in [-0.4, -0.2) is 66.7 Å². The second-order valence-electron chi connectivity index (χ2n) is 7.63. The van der Waals surface area contributed by atoms with Crippen LogP contribution in [0, 0.1) is 5.92 Å². The van der Waals surface area contributed by atoms with Gasteiger partial charge in [0.1, 0.15) is 0 Å². The molecule has 2 saturated heterocycles. The monoisotopic (exact) mass is 368 g/mol. The minimum Gasteiger partial charge on any atom is -0.481 e. The molecule has 4 rings (SSSR count). The summed E-state index contributed by atoms with van der Waals surface area (Å²) in [6.45, 7) is 4.15. The molecule has 0 saturated carbocycles. The van der Waals surface area contributed by atoms with Gasteiger partial charge in [0, 0.05) is 64.4 Å². The van der Waals surface area contributed by atoms with Gasteiger partial charge < -0.3 is 14.5 Å². The molecule has 0 aromatic carbocycles. The Balaban J connectivity index is 1.51. The number of hydrogen-bond donors (Lipinski definition) is 0. The highest BCUT2D eigenvalue weighted by atomic mass is 16.5. The van der Waals surface area contributed by atoms with Gasteiger partial charge in [-0.05, 0) is 36.9 Å². The predicted octanol–water partition coefficient (Wildman–Crippen LogP) is 2.05. The Morgan fingerprint density at radius 1 is 1.11 bits per heavy atom. The maximum absolute atomic E-state index is 5.28. The van der Waals surface area contributed by atoms with E-state index in [0.717, 1.165) is 43.7 Å². The number of ether oxygens (including phenoxy) is 1. The normalized spacial score (nSPS) is 22.6. The van der Waals surface area contributed by atoms with Crippen LogP contribution in [0.15, 0.2) is 30.7 Å². The molecular formula is C20H28N6O. The summed E-state index contributed by atoms with van der Waals surface area (Å²) in [6, 6.07) is 4.68. The van der Waals surface area contributed by atoms with Crippen molar-refractivity contribution in [3.8, 4) is 5.88 Å². The molecule has 0 N–H and O–H groups in total. The molecule has 2 fully saturated rings. The van der Waals surface area contributed by atoms with Crippen LogP contribution in [0.4, 0.5) is 11.6 Å². The first-order valence-corrected chi connectivity index (χ1v) is 9.62. The summed E-state index contributed by atoms with van der Waals surface area (Å²) in [5, 5.41) is 0. The predicted molar refractivity (Wildman–Crippen MR) is 106 cm³/mol. The highest BCUT2D eigenvalue weighted by Crippen LogP contribution is 2.35. The summed E-state index contributed by atoms with van der Waals surface area (Å²) in [4.78, 5) is 20.5. The van der Waals surface area contributed by atoms with Gasteiger partial charge in [0.2, 0.25) is 5.88 Å². The minimum atomic E-state index is 0.551. The van der Waals surface area contributed by atoms with Crippen LogP contribution in [0.3, 0.4) is 0 Å². The number of fused-ring (bicyclic) bond motifs is 1. The van der Waals surface area contributed by atoms with E-state index in [1.54, 1.807) is 19.5 Å². The molecule has 0 radical (unpaired) electrons. The third-order valence-corrected chi connectivity index (χ3v) is 5.76. The molecule has 0 bridgehead atoms. The zero-order valence-corrected chi connectivity index (χ0v) is 16.4. The van der Waals surface area contributed by atoms with E-state index in [4.69, 9.17) is 4.74 Å².